The van der Waals surface area contributed by atoms with Crippen LogP contribution in [0.5, 0.6) is 0 Å². The molecule has 1 aromatic rings. The van der Waals surface area contributed by atoms with Crippen LogP contribution in [-0.4, -0.2) is 46.2 Å². The quantitative estimate of drug-likeness (QED) is 0.495. The van der Waals surface area contributed by atoms with E-state index in [4.69, 9.17) is 10.5 Å². The van der Waals surface area contributed by atoms with Crippen molar-refractivity contribution in [3.8, 4) is 0 Å². The van der Waals surface area contributed by atoms with Crippen molar-refractivity contribution in [3.05, 3.63) is 20.3 Å². The van der Waals surface area contributed by atoms with Gasteiger partial charge in [0, 0.05) is 20.0 Å². The van der Waals surface area contributed by atoms with Gasteiger partial charge in [-0.2, -0.15) is 13.8 Å². The summed E-state index contributed by atoms with van der Waals surface area (Å²) in [7, 11) is 0. The fourth-order valence-electron chi connectivity index (χ4n) is 2.25. The van der Waals surface area contributed by atoms with Crippen LogP contribution < -0.4 is 11.4 Å². The summed E-state index contributed by atoms with van der Waals surface area (Å²) in [5.74, 6) is -5.59. The lowest BCUT2D eigenvalue weighted by Crippen LogP contribution is -2.44. The Labute approximate surface area is 153 Å². The zero-order chi connectivity index (χ0) is 18.9. The number of rotatable bonds is 4. The maximum Gasteiger partial charge on any atom is 0.351 e. The fourth-order valence-corrected chi connectivity index (χ4v) is 2.67. The third-order valence-electron chi connectivity index (χ3n) is 3.28. The summed E-state index contributed by atoms with van der Waals surface area (Å²) in [5.41, 5.74) is 4.41. The molecule has 3 atom stereocenters. The number of esters is 2. The maximum absolute atomic E-state index is 14.7. The number of nitrogens with zero attached hydrogens (tertiary/aromatic N) is 2. The van der Waals surface area contributed by atoms with E-state index >= 15 is 0 Å². The van der Waals surface area contributed by atoms with Crippen molar-refractivity contribution in [2.75, 3.05) is 12.3 Å². The van der Waals surface area contributed by atoms with Gasteiger partial charge in [0.05, 0.1) is 3.57 Å². The molecule has 9 nitrogen and oxygen atoms in total. The SMILES string of the molecule is CC(=O)OC[C@H]1O[C@@H](n2cc(I)c(N)nc2=O)C(F)(F)C1OC(C)=O. The Morgan fingerprint density at radius 2 is 2.08 bits per heavy atom. The second kappa shape index (κ2) is 7.19. The Kier molecular flexibility index (Phi) is 5.61. The van der Waals surface area contributed by atoms with Crippen molar-refractivity contribution in [3.63, 3.8) is 0 Å². The number of hydrogen-bond donors (Lipinski definition) is 1. The lowest BCUT2D eigenvalue weighted by Gasteiger charge is -2.23. The Hall–Kier alpha value is -1.83. The smallest absolute Gasteiger partial charge is 0.351 e. The highest BCUT2D eigenvalue weighted by Gasteiger charge is 2.62. The molecule has 2 N–H and O–H groups in total. The van der Waals surface area contributed by atoms with Crippen molar-refractivity contribution < 1.29 is 32.6 Å². The monoisotopic (exact) mass is 473 g/mol. The van der Waals surface area contributed by atoms with Gasteiger partial charge in [-0.3, -0.25) is 14.2 Å². The van der Waals surface area contributed by atoms with Gasteiger partial charge in [0.2, 0.25) is 6.23 Å². The molecule has 0 aliphatic carbocycles. The van der Waals surface area contributed by atoms with Crippen molar-refractivity contribution >= 4 is 40.3 Å². The molecule has 1 unspecified atom stereocenters. The van der Waals surface area contributed by atoms with Gasteiger partial charge in [-0.15, -0.1) is 0 Å². The average molecular weight is 473 g/mol. The van der Waals surface area contributed by atoms with Gasteiger partial charge in [0.25, 0.3) is 0 Å². The highest BCUT2D eigenvalue weighted by Crippen LogP contribution is 2.44. The molecule has 0 radical (unpaired) electrons. The standard InChI is InChI=1S/C13H14F2IN3O6/c1-5(20)23-4-8-9(24-6(2)21)13(14,15)11(25-8)19-3-7(16)10(17)18-12(19)22/h3,8-9,11H,4H2,1-2H3,(H2,17,18,22)/t8-,9?,11-/m1/s1. The number of nitrogen functional groups attached to an aromatic ring is 1. The fraction of sp³-hybridized carbons (Fsp3) is 0.538. The van der Waals surface area contributed by atoms with E-state index in [-0.39, 0.29) is 9.39 Å². The van der Waals surface area contributed by atoms with E-state index in [1.807, 2.05) is 0 Å². The van der Waals surface area contributed by atoms with Gasteiger partial charge in [-0.25, -0.2) is 4.79 Å². The minimum absolute atomic E-state index is 0.115. The molecular formula is C13H14F2IN3O6. The van der Waals surface area contributed by atoms with E-state index in [0.29, 0.717) is 4.57 Å². The van der Waals surface area contributed by atoms with Gasteiger partial charge in [-0.1, -0.05) is 0 Å². The molecule has 138 valence electrons. The molecule has 2 rings (SSSR count). The van der Waals surface area contributed by atoms with Crippen LogP contribution >= 0.6 is 22.6 Å². The average Bonchev–Trinajstić information content (AvgIpc) is 2.72. The van der Waals surface area contributed by atoms with E-state index in [0.717, 1.165) is 20.0 Å². The largest absolute Gasteiger partial charge is 0.463 e. The van der Waals surface area contributed by atoms with Crippen molar-refractivity contribution in [1.29, 1.82) is 0 Å². The molecule has 1 saturated heterocycles. The summed E-state index contributed by atoms with van der Waals surface area (Å²) in [5, 5.41) is 0. The minimum Gasteiger partial charge on any atom is -0.463 e. The zero-order valence-corrected chi connectivity index (χ0v) is 15.2. The first-order valence-corrected chi connectivity index (χ1v) is 8.00. The first-order valence-electron chi connectivity index (χ1n) is 6.92. The van der Waals surface area contributed by atoms with Crippen LogP contribution in [0.25, 0.3) is 0 Å². The van der Waals surface area contributed by atoms with E-state index in [9.17, 15) is 23.2 Å². The third-order valence-corrected chi connectivity index (χ3v) is 4.11. The van der Waals surface area contributed by atoms with Gasteiger partial charge >= 0.3 is 23.6 Å². The zero-order valence-electron chi connectivity index (χ0n) is 13.1. The number of carbonyl (C=O) groups excluding carboxylic acids is 2. The molecule has 0 amide bonds. The lowest BCUT2D eigenvalue weighted by molar-refractivity contribution is -0.174. The third kappa shape index (κ3) is 4.05. The number of halogens is 3. The predicted molar refractivity (Wildman–Crippen MR) is 86.7 cm³/mol. The normalized spacial score (nSPS) is 24.8. The second-order valence-corrected chi connectivity index (χ2v) is 6.36. The Morgan fingerprint density at radius 1 is 1.44 bits per heavy atom. The number of ether oxygens (including phenoxy) is 3. The summed E-state index contributed by atoms with van der Waals surface area (Å²) in [4.78, 5) is 37.5. The molecule has 25 heavy (non-hydrogen) atoms. The van der Waals surface area contributed by atoms with Gasteiger partial charge in [0.1, 0.15) is 18.5 Å². The van der Waals surface area contributed by atoms with Crippen LogP contribution in [0, 0.1) is 3.57 Å². The summed E-state index contributed by atoms with van der Waals surface area (Å²) >= 11 is 1.72. The molecule has 12 heteroatoms. The van der Waals surface area contributed by atoms with Crippen LogP contribution in [0.4, 0.5) is 14.6 Å². The van der Waals surface area contributed by atoms with Crippen LogP contribution in [0.2, 0.25) is 0 Å². The number of nitrogens with two attached hydrogens (primary N) is 1. The summed E-state index contributed by atoms with van der Waals surface area (Å²) in [6.07, 6.45) is -4.55. The number of anilines is 1. The highest BCUT2D eigenvalue weighted by molar-refractivity contribution is 14.1. The lowest BCUT2D eigenvalue weighted by atomic mass is 10.1. The van der Waals surface area contributed by atoms with E-state index in [2.05, 4.69) is 14.5 Å². The molecule has 1 aliphatic heterocycles. The molecule has 0 saturated carbocycles. The van der Waals surface area contributed by atoms with E-state index in [1.54, 1.807) is 22.6 Å². The minimum atomic E-state index is -3.78. The van der Waals surface area contributed by atoms with Crippen molar-refractivity contribution in [2.24, 2.45) is 0 Å². The van der Waals surface area contributed by atoms with Crippen LogP contribution in [0.1, 0.15) is 20.1 Å². The van der Waals surface area contributed by atoms with Gasteiger partial charge in [-0.05, 0) is 22.6 Å². The first kappa shape index (κ1) is 19.5. The summed E-state index contributed by atoms with van der Waals surface area (Å²) in [6, 6.07) is 0. The highest BCUT2D eigenvalue weighted by atomic mass is 127. The predicted octanol–water partition coefficient (Wildman–Crippen LogP) is 0.458. The van der Waals surface area contributed by atoms with E-state index < -0.39 is 48.6 Å². The molecular weight excluding hydrogens is 459 g/mol. The van der Waals surface area contributed by atoms with Gasteiger partial charge < -0.3 is 19.9 Å². The molecule has 0 aromatic carbocycles. The molecule has 1 aromatic heterocycles. The van der Waals surface area contributed by atoms with Crippen molar-refractivity contribution in [1.82, 2.24) is 9.55 Å². The summed E-state index contributed by atoms with van der Waals surface area (Å²) in [6.45, 7) is 1.46. The van der Waals surface area contributed by atoms with Gasteiger partial charge in [0.15, 0.2) is 6.10 Å². The maximum atomic E-state index is 14.7. The first-order chi connectivity index (χ1) is 11.5. The van der Waals surface area contributed by atoms with Crippen LogP contribution in [-0.2, 0) is 23.8 Å². The Bertz CT molecular complexity index is 756. The van der Waals surface area contributed by atoms with Crippen molar-refractivity contribution in [2.45, 2.75) is 38.2 Å². The number of hydrogen-bond acceptors (Lipinski definition) is 8. The number of alkyl halides is 2. The summed E-state index contributed by atoms with van der Waals surface area (Å²) < 4.78 is 44.8. The molecule has 2 heterocycles. The van der Waals surface area contributed by atoms with Crippen LogP contribution in [0.3, 0.4) is 0 Å². The molecule has 0 spiro atoms. The van der Waals surface area contributed by atoms with Crippen LogP contribution in [0.15, 0.2) is 11.0 Å². The second-order valence-electron chi connectivity index (χ2n) is 5.20. The molecule has 0 bridgehead atoms. The number of carbonyl (C=O) groups is 2. The topological polar surface area (TPSA) is 123 Å². The number of aromatic nitrogens is 2. The molecule has 1 aliphatic rings. The van der Waals surface area contributed by atoms with E-state index in [1.165, 1.54) is 0 Å². The Balaban J connectivity index is 2.42. The Morgan fingerprint density at radius 3 is 2.64 bits per heavy atom. The molecule has 1 fully saturated rings.